The van der Waals surface area contributed by atoms with Crippen LogP contribution in [0.5, 0.6) is 5.88 Å². The lowest BCUT2D eigenvalue weighted by molar-refractivity contribution is -0.142. The van der Waals surface area contributed by atoms with Crippen molar-refractivity contribution in [2.45, 2.75) is 49.7 Å². The zero-order valence-corrected chi connectivity index (χ0v) is 20.0. The lowest BCUT2D eigenvalue weighted by Crippen LogP contribution is -2.41. The molecule has 0 saturated heterocycles. The zero-order chi connectivity index (χ0) is 22.7. The van der Waals surface area contributed by atoms with Crippen molar-refractivity contribution in [3.05, 3.63) is 34.5 Å². The Hall–Kier alpha value is -2.06. The molecular weight excluding hydrogens is 450 g/mol. The van der Waals surface area contributed by atoms with Gasteiger partial charge in [0.05, 0.1) is 19.7 Å². The van der Waals surface area contributed by atoms with Crippen LogP contribution in [0.15, 0.2) is 29.0 Å². The van der Waals surface area contributed by atoms with Gasteiger partial charge in [-0.05, 0) is 55.8 Å². The number of halogens is 1. The number of fused-ring (bicyclic) bond motifs is 1. The molecule has 1 atom stereocenters. The van der Waals surface area contributed by atoms with Gasteiger partial charge in [-0.15, -0.1) is 0 Å². The second-order valence-electron chi connectivity index (χ2n) is 8.39. The fraction of sp³-hybridized carbons (Fsp3) is 0.565. The number of amides is 1. The molecule has 0 bridgehead atoms. The number of hydrogen-bond acceptors (Lipinski definition) is 7. The van der Waals surface area contributed by atoms with Gasteiger partial charge in [-0.2, -0.15) is 4.98 Å². The Morgan fingerprint density at radius 3 is 2.75 bits per heavy atom. The molecule has 0 aromatic carbocycles. The van der Waals surface area contributed by atoms with Crippen molar-refractivity contribution in [2.75, 3.05) is 26.5 Å². The predicted octanol–water partition coefficient (Wildman–Crippen LogP) is 4.31. The van der Waals surface area contributed by atoms with Gasteiger partial charge in [0.1, 0.15) is 17.3 Å². The van der Waals surface area contributed by atoms with Gasteiger partial charge in [-0.1, -0.05) is 41.6 Å². The van der Waals surface area contributed by atoms with Crippen molar-refractivity contribution in [1.82, 2.24) is 14.9 Å². The number of carbonyl (C=O) groups is 2. The average Bonchev–Trinajstić information content (AvgIpc) is 2.98. The maximum Gasteiger partial charge on any atom is 0.305 e. The Bertz CT molecular complexity index is 943. The van der Waals surface area contributed by atoms with Crippen LogP contribution in [0.1, 0.15) is 48.9 Å². The molecule has 0 radical (unpaired) electrons. The molecule has 2 heterocycles. The Balaban J connectivity index is 1.39. The molecule has 1 aromatic rings. The van der Waals surface area contributed by atoms with Gasteiger partial charge in [-0.25, -0.2) is 4.98 Å². The monoisotopic (exact) mass is 477 g/mol. The third-order valence-corrected chi connectivity index (χ3v) is 7.37. The minimum Gasteiger partial charge on any atom is -0.475 e. The van der Waals surface area contributed by atoms with Crippen LogP contribution in [0.4, 0.5) is 0 Å². The van der Waals surface area contributed by atoms with Crippen molar-refractivity contribution in [2.24, 2.45) is 11.8 Å². The van der Waals surface area contributed by atoms with Gasteiger partial charge in [0.25, 0.3) is 5.91 Å². The molecule has 1 saturated carbocycles. The molecule has 2 aliphatic carbocycles. The first-order valence-corrected chi connectivity index (χ1v) is 12.6. The lowest BCUT2D eigenvalue weighted by Gasteiger charge is -2.33. The van der Waals surface area contributed by atoms with Crippen molar-refractivity contribution in [3.8, 4) is 5.88 Å². The van der Waals surface area contributed by atoms with E-state index in [9.17, 15) is 9.59 Å². The van der Waals surface area contributed by atoms with Crippen LogP contribution in [0.2, 0.25) is 5.15 Å². The summed E-state index contributed by atoms with van der Waals surface area (Å²) in [5.74, 6) is 0.897. The summed E-state index contributed by atoms with van der Waals surface area (Å²) in [6.07, 6.45) is 13.9. The first-order chi connectivity index (χ1) is 15.5. The second kappa shape index (κ2) is 10.3. The van der Waals surface area contributed by atoms with Gasteiger partial charge in [0, 0.05) is 6.42 Å². The van der Waals surface area contributed by atoms with Crippen LogP contribution in [0, 0.1) is 11.8 Å². The molecule has 0 spiro atoms. The van der Waals surface area contributed by atoms with Gasteiger partial charge >= 0.3 is 5.97 Å². The Morgan fingerprint density at radius 1 is 1.31 bits per heavy atom. The minimum absolute atomic E-state index is 0.0484. The number of allylic oxidation sites excluding steroid dienone is 2. The molecule has 1 fully saturated rings. The third-order valence-electron chi connectivity index (χ3n) is 6.55. The third kappa shape index (κ3) is 4.96. The summed E-state index contributed by atoms with van der Waals surface area (Å²) >= 11 is 7.68. The fourth-order valence-corrected chi connectivity index (χ4v) is 5.40. The summed E-state index contributed by atoms with van der Waals surface area (Å²) in [6.45, 7) is 0.835. The summed E-state index contributed by atoms with van der Waals surface area (Å²) < 4.78 is 10.5. The average molecular weight is 478 g/mol. The van der Waals surface area contributed by atoms with E-state index in [1.165, 1.54) is 24.4 Å². The van der Waals surface area contributed by atoms with E-state index in [-0.39, 0.29) is 34.5 Å². The summed E-state index contributed by atoms with van der Waals surface area (Å²) in [5, 5.41) is 0.623. The molecule has 1 amide bonds. The summed E-state index contributed by atoms with van der Waals surface area (Å²) in [5.41, 5.74) is 1.58. The van der Waals surface area contributed by atoms with E-state index in [4.69, 9.17) is 21.1 Å². The molecular formula is C23H28ClN3O4S. The first kappa shape index (κ1) is 23.1. The molecule has 4 rings (SSSR count). The van der Waals surface area contributed by atoms with Crippen molar-refractivity contribution in [3.63, 3.8) is 0 Å². The molecule has 9 heteroatoms. The minimum atomic E-state index is -0.190. The number of carbonyl (C=O) groups excluding carboxylic acids is 2. The Kier molecular flexibility index (Phi) is 7.40. The summed E-state index contributed by atoms with van der Waals surface area (Å²) in [4.78, 5) is 35.1. The molecule has 32 heavy (non-hydrogen) atoms. The number of aromatic nitrogens is 2. The van der Waals surface area contributed by atoms with E-state index < -0.39 is 0 Å². The van der Waals surface area contributed by atoms with Crippen LogP contribution in [-0.4, -0.2) is 59.3 Å². The lowest BCUT2D eigenvalue weighted by atomic mass is 9.76. The SMILES string of the molecule is COC(=O)C[C@H]1CC[C@H](C2=CCC(N3CCOc4nc(SC)nc(Cl)c4C3=O)C=C2)CC1. The van der Waals surface area contributed by atoms with Crippen LogP contribution in [-0.2, 0) is 9.53 Å². The van der Waals surface area contributed by atoms with E-state index in [1.54, 1.807) is 4.90 Å². The maximum absolute atomic E-state index is 13.3. The molecule has 1 aliphatic heterocycles. The standard InChI is InChI=1S/C23H28ClN3O4S/c1-30-18(28)13-14-3-5-15(6-4-14)16-7-9-17(10-8-16)27-11-12-31-21-19(22(27)29)20(24)25-23(26-21)32-2/h7-9,14-15,17H,3-6,10-13H2,1-2H3/t14-,15-,17?. The number of ether oxygens (including phenoxy) is 2. The van der Waals surface area contributed by atoms with Crippen molar-refractivity contribution in [1.29, 1.82) is 0 Å². The zero-order valence-electron chi connectivity index (χ0n) is 18.4. The smallest absolute Gasteiger partial charge is 0.305 e. The van der Waals surface area contributed by atoms with E-state index >= 15 is 0 Å². The van der Waals surface area contributed by atoms with Crippen molar-refractivity contribution >= 4 is 35.2 Å². The highest BCUT2D eigenvalue weighted by atomic mass is 35.5. The molecule has 0 N–H and O–H groups in total. The first-order valence-electron chi connectivity index (χ1n) is 11.0. The van der Waals surface area contributed by atoms with E-state index in [0.29, 0.717) is 36.6 Å². The largest absolute Gasteiger partial charge is 0.475 e. The van der Waals surface area contributed by atoms with Gasteiger partial charge in [0.2, 0.25) is 5.88 Å². The molecule has 1 aromatic heterocycles. The topological polar surface area (TPSA) is 81.6 Å². The second-order valence-corrected chi connectivity index (χ2v) is 9.52. The van der Waals surface area contributed by atoms with Gasteiger partial charge in [-0.3, -0.25) is 9.59 Å². The number of esters is 1. The maximum atomic E-state index is 13.3. The normalized spacial score (nSPS) is 25.5. The number of rotatable bonds is 5. The number of nitrogens with zero attached hydrogens (tertiary/aromatic N) is 3. The van der Waals surface area contributed by atoms with E-state index in [0.717, 1.165) is 32.1 Å². The highest BCUT2D eigenvalue weighted by Gasteiger charge is 2.33. The number of thioether (sulfide) groups is 1. The van der Waals surface area contributed by atoms with Gasteiger partial charge < -0.3 is 14.4 Å². The van der Waals surface area contributed by atoms with Crippen LogP contribution < -0.4 is 4.74 Å². The van der Waals surface area contributed by atoms with Crippen LogP contribution >= 0.6 is 23.4 Å². The number of hydrogen-bond donors (Lipinski definition) is 0. The molecule has 7 nitrogen and oxygen atoms in total. The summed E-state index contributed by atoms with van der Waals surface area (Å²) in [7, 11) is 1.45. The van der Waals surface area contributed by atoms with Crippen LogP contribution in [0.25, 0.3) is 0 Å². The Labute approximate surface area is 197 Å². The molecule has 1 unspecified atom stereocenters. The highest BCUT2D eigenvalue weighted by Crippen LogP contribution is 2.37. The quantitative estimate of drug-likeness (QED) is 0.270. The number of methoxy groups -OCH3 is 1. The van der Waals surface area contributed by atoms with E-state index in [1.807, 2.05) is 6.26 Å². The molecule has 172 valence electrons. The summed E-state index contributed by atoms with van der Waals surface area (Å²) in [6, 6.07) is -0.0484. The predicted molar refractivity (Wildman–Crippen MR) is 123 cm³/mol. The van der Waals surface area contributed by atoms with Gasteiger partial charge in [0.15, 0.2) is 5.16 Å². The highest BCUT2D eigenvalue weighted by molar-refractivity contribution is 7.98. The van der Waals surface area contributed by atoms with Crippen molar-refractivity contribution < 1.29 is 19.1 Å². The Morgan fingerprint density at radius 2 is 2.09 bits per heavy atom. The molecule has 3 aliphatic rings. The van der Waals surface area contributed by atoms with Crippen LogP contribution in [0.3, 0.4) is 0 Å². The fourth-order valence-electron chi connectivity index (χ4n) is 4.75. The van der Waals surface area contributed by atoms with E-state index in [2.05, 4.69) is 28.2 Å².